The molecule has 1 aliphatic heterocycles. The summed E-state index contributed by atoms with van der Waals surface area (Å²) < 4.78 is 13.4. The minimum atomic E-state index is -0.315. The van der Waals surface area contributed by atoms with Gasteiger partial charge in [0, 0.05) is 19.1 Å². The Balaban J connectivity index is 2.04. The van der Waals surface area contributed by atoms with E-state index in [1.807, 2.05) is 0 Å². The van der Waals surface area contributed by atoms with Crippen LogP contribution in [0.15, 0.2) is 24.3 Å². The summed E-state index contributed by atoms with van der Waals surface area (Å²) in [6.45, 7) is 1.23. The largest absolute Gasteiger partial charge is 0.338 e. The first kappa shape index (κ1) is 12.0. The molecule has 3 nitrogen and oxygen atoms in total. The molecule has 1 atom stereocenters. The summed E-state index contributed by atoms with van der Waals surface area (Å²) in [6, 6.07) is 6.54. The first-order chi connectivity index (χ1) is 8.22. The molecule has 0 bridgehead atoms. The molecule has 2 N–H and O–H groups in total. The number of halogens is 1. The third-order valence-electron chi connectivity index (χ3n) is 3.27. The topological polar surface area (TPSA) is 46.3 Å². The van der Waals surface area contributed by atoms with Crippen LogP contribution >= 0.6 is 0 Å². The molecule has 1 aromatic rings. The van der Waals surface area contributed by atoms with Crippen LogP contribution in [-0.4, -0.2) is 29.9 Å². The number of amides is 1. The van der Waals surface area contributed by atoms with Crippen LogP contribution in [-0.2, 0) is 11.2 Å². The fraction of sp³-hybridized carbons (Fsp3) is 0.462. The van der Waals surface area contributed by atoms with Gasteiger partial charge in [0.25, 0.3) is 0 Å². The summed E-state index contributed by atoms with van der Waals surface area (Å²) in [4.78, 5) is 13.8. The van der Waals surface area contributed by atoms with Gasteiger partial charge in [-0.05, 0) is 24.5 Å². The van der Waals surface area contributed by atoms with E-state index < -0.39 is 0 Å². The fourth-order valence-electron chi connectivity index (χ4n) is 2.32. The Labute approximate surface area is 100 Å². The SMILES string of the molecule is NCC1CCCN1C(=O)Cc1ccccc1F. The molecule has 17 heavy (non-hydrogen) atoms. The van der Waals surface area contributed by atoms with Gasteiger partial charge in [-0.2, -0.15) is 0 Å². The van der Waals surface area contributed by atoms with Crippen molar-refractivity contribution in [3.8, 4) is 0 Å². The molecule has 1 amide bonds. The first-order valence-electron chi connectivity index (χ1n) is 5.95. The summed E-state index contributed by atoms with van der Waals surface area (Å²) in [5.74, 6) is -0.340. The van der Waals surface area contributed by atoms with E-state index in [0.717, 1.165) is 19.4 Å². The molecular formula is C13H17FN2O. The van der Waals surface area contributed by atoms with Gasteiger partial charge in [0.1, 0.15) is 5.82 Å². The third kappa shape index (κ3) is 2.64. The Morgan fingerprint density at radius 3 is 2.94 bits per heavy atom. The van der Waals surface area contributed by atoms with Crippen LogP contribution in [0.2, 0.25) is 0 Å². The summed E-state index contributed by atoms with van der Waals surface area (Å²) in [5.41, 5.74) is 6.08. The van der Waals surface area contributed by atoms with Gasteiger partial charge in [-0.25, -0.2) is 4.39 Å². The smallest absolute Gasteiger partial charge is 0.227 e. The molecule has 92 valence electrons. The molecule has 0 aromatic heterocycles. The highest BCUT2D eigenvalue weighted by Gasteiger charge is 2.27. The standard InChI is InChI=1S/C13H17FN2O/c14-12-6-2-1-4-10(12)8-13(17)16-7-3-5-11(16)9-15/h1-2,4,6,11H,3,5,7-9,15H2. The van der Waals surface area contributed by atoms with Crippen LogP contribution in [0.3, 0.4) is 0 Å². The first-order valence-corrected chi connectivity index (χ1v) is 5.95. The molecule has 1 aliphatic rings. The monoisotopic (exact) mass is 236 g/mol. The lowest BCUT2D eigenvalue weighted by atomic mass is 10.1. The van der Waals surface area contributed by atoms with Crippen molar-refractivity contribution in [3.05, 3.63) is 35.6 Å². The maximum absolute atomic E-state index is 13.4. The predicted molar refractivity (Wildman–Crippen MR) is 63.9 cm³/mol. The number of hydrogen-bond donors (Lipinski definition) is 1. The molecule has 0 saturated carbocycles. The Morgan fingerprint density at radius 1 is 1.47 bits per heavy atom. The molecule has 1 unspecified atom stereocenters. The molecule has 0 radical (unpaired) electrons. The van der Waals surface area contributed by atoms with Gasteiger partial charge in [0.05, 0.1) is 6.42 Å². The molecule has 1 heterocycles. The van der Waals surface area contributed by atoms with E-state index in [-0.39, 0.29) is 24.2 Å². The second-order valence-electron chi connectivity index (χ2n) is 4.39. The van der Waals surface area contributed by atoms with Crippen molar-refractivity contribution in [2.45, 2.75) is 25.3 Å². The second kappa shape index (κ2) is 5.27. The molecule has 1 fully saturated rings. The van der Waals surface area contributed by atoms with Gasteiger partial charge >= 0.3 is 0 Å². The minimum Gasteiger partial charge on any atom is -0.338 e. The highest BCUT2D eigenvalue weighted by atomic mass is 19.1. The van der Waals surface area contributed by atoms with E-state index in [1.54, 1.807) is 23.1 Å². The lowest BCUT2D eigenvalue weighted by molar-refractivity contribution is -0.131. The van der Waals surface area contributed by atoms with Crippen LogP contribution in [0.25, 0.3) is 0 Å². The lowest BCUT2D eigenvalue weighted by Gasteiger charge is -2.23. The van der Waals surface area contributed by atoms with Crippen molar-refractivity contribution in [2.75, 3.05) is 13.1 Å². The lowest BCUT2D eigenvalue weighted by Crippen LogP contribution is -2.40. The van der Waals surface area contributed by atoms with Crippen LogP contribution in [0.4, 0.5) is 4.39 Å². The zero-order valence-corrected chi connectivity index (χ0v) is 9.73. The maximum atomic E-state index is 13.4. The molecule has 1 saturated heterocycles. The summed E-state index contributed by atoms with van der Waals surface area (Å²) in [7, 11) is 0. The normalized spacial score (nSPS) is 19.6. The van der Waals surface area contributed by atoms with E-state index in [0.29, 0.717) is 12.1 Å². The minimum absolute atomic E-state index is 0.0250. The number of carbonyl (C=O) groups is 1. The Bertz CT molecular complexity index is 408. The van der Waals surface area contributed by atoms with Crippen LogP contribution < -0.4 is 5.73 Å². The highest BCUT2D eigenvalue weighted by molar-refractivity contribution is 5.79. The second-order valence-corrected chi connectivity index (χ2v) is 4.39. The van der Waals surface area contributed by atoms with E-state index in [4.69, 9.17) is 5.73 Å². The van der Waals surface area contributed by atoms with Crippen molar-refractivity contribution in [2.24, 2.45) is 5.73 Å². The van der Waals surface area contributed by atoms with Crippen LogP contribution in [0.5, 0.6) is 0 Å². The summed E-state index contributed by atoms with van der Waals surface area (Å²) in [5, 5.41) is 0. The molecule has 1 aromatic carbocycles. The van der Waals surface area contributed by atoms with Crippen LogP contribution in [0.1, 0.15) is 18.4 Å². The third-order valence-corrected chi connectivity index (χ3v) is 3.27. The van der Waals surface area contributed by atoms with Crippen molar-refractivity contribution in [1.82, 2.24) is 4.90 Å². The Kier molecular flexibility index (Phi) is 3.74. The zero-order chi connectivity index (χ0) is 12.3. The molecule has 2 rings (SSSR count). The molecule has 4 heteroatoms. The zero-order valence-electron chi connectivity index (χ0n) is 9.73. The number of hydrogen-bond acceptors (Lipinski definition) is 2. The van der Waals surface area contributed by atoms with Crippen molar-refractivity contribution < 1.29 is 9.18 Å². The van der Waals surface area contributed by atoms with E-state index in [9.17, 15) is 9.18 Å². The number of benzene rings is 1. The average Bonchev–Trinajstić information content (AvgIpc) is 2.80. The van der Waals surface area contributed by atoms with Crippen molar-refractivity contribution in [1.29, 1.82) is 0 Å². The van der Waals surface area contributed by atoms with Gasteiger partial charge in [-0.3, -0.25) is 4.79 Å². The number of carbonyl (C=O) groups excluding carboxylic acids is 1. The van der Waals surface area contributed by atoms with Gasteiger partial charge in [-0.15, -0.1) is 0 Å². The Morgan fingerprint density at radius 2 is 2.24 bits per heavy atom. The van der Waals surface area contributed by atoms with Gasteiger partial charge < -0.3 is 10.6 Å². The maximum Gasteiger partial charge on any atom is 0.227 e. The van der Waals surface area contributed by atoms with E-state index in [1.165, 1.54) is 6.07 Å². The van der Waals surface area contributed by atoms with Crippen molar-refractivity contribution in [3.63, 3.8) is 0 Å². The van der Waals surface area contributed by atoms with Gasteiger partial charge in [0.15, 0.2) is 0 Å². The molecule has 0 aliphatic carbocycles. The number of likely N-dealkylation sites (tertiary alicyclic amines) is 1. The molecule has 0 spiro atoms. The number of nitrogens with two attached hydrogens (primary N) is 1. The van der Waals surface area contributed by atoms with Gasteiger partial charge in [0.2, 0.25) is 5.91 Å². The quantitative estimate of drug-likeness (QED) is 0.860. The average molecular weight is 236 g/mol. The summed E-state index contributed by atoms with van der Waals surface area (Å²) >= 11 is 0. The van der Waals surface area contributed by atoms with E-state index >= 15 is 0 Å². The van der Waals surface area contributed by atoms with Crippen LogP contribution in [0, 0.1) is 5.82 Å². The summed E-state index contributed by atoms with van der Waals surface area (Å²) in [6.07, 6.45) is 2.08. The number of rotatable bonds is 3. The highest BCUT2D eigenvalue weighted by Crippen LogP contribution is 2.18. The fourth-order valence-corrected chi connectivity index (χ4v) is 2.32. The van der Waals surface area contributed by atoms with E-state index in [2.05, 4.69) is 0 Å². The molecular weight excluding hydrogens is 219 g/mol. The van der Waals surface area contributed by atoms with Gasteiger partial charge in [-0.1, -0.05) is 18.2 Å². The Hall–Kier alpha value is -1.42. The predicted octanol–water partition coefficient (Wildman–Crippen LogP) is 1.32. The van der Waals surface area contributed by atoms with Crippen molar-refractivity contribution >= 4 is 5.91 Å². The number of nitrogens with zero attached hydrogens (tertiary/aromatic N) is 1.